The average molecular weight is 606 g/mol. The summed E-state index contributed by atoms with van der Waals surface area (Å²) in [5.74, 6) is 1.34. The van der Waals surface area contributed by atoms with Gasteiger partial charge in [-0.05, 0) is 62.6 Å². The first-order chi connectivity index (χ1) is 20.6. The minimum atomic E-state index is -4.25. The third-order valence-corrected chi connectivity index (χ3v) is 9.95. The lowest BCUT2D eigenvalue weighted by Crippen LogP contribution is -2.31. The van der Waals surface area contributed by atoms with Gasteiger partial charge >= 0.3 is 6.18 Å². The first-order valence-corrected chi connectivity index (χ1v) is 15.1. The van der Waals surface area contributed by atoms with Crippen LogP contribution in [0.1, 0.15) is 46.1 Å². The fourth-order valence-corrected chi connectivity index (χ4v) is 7.96. The number of nitrogens with one attached hydrogen (secondary N) is 1. The first kappa shape index (κ1) is 27.8. The second-order valence-corrected chi connectivity index (χ2v) is 13.0. The second-order valence-electron chi connectivity index (χ2n) is 11.9. The number of nitrogens with zero attached hydrogens (tertiary/aromatic N) is 8. The molecule has 1 unspecified atom stereocenters. The molecule has 222 valence electrons. The van der Waals surface area contributed by atoms with Crippen LogP contribution in [0.3, 0.4) is 0 Å². The van der Waals surface area contributed by atoms with Crippen LogP contribution < -0.4 is 4.90 Å². The number of alkyl halides is 3. The largest absolute Gasteiger partial charge is 0.393 e. The van der Waals surface area contributed by atoms with E-state index in [0.717, 1.165) is 84.7 Å². The van der Waals surface area contributed by atoms with Gasteiger partial charge in [0.2, 0.25) is 0 Å². The Hall–Kier alpha value is -4.02. The number of aryl methyl sites for hydroxylation is 2. The summed E-state index contributed by atoms with van der Waals surface area (Å²) in [6.07, 6.45) is -1.45. The molecule has 4 aromatic heterocycles. The second kappa shape index (κ2) is 10.3. The van der Waals surface area contributed by atoms with Crippen LogP contribution in [-0.4, -0.2) is 67.2 Å². The number of hydrogen-bond acceptors (Lipinski definition) is 8. The first-order valence-electron chi connectivity index (χ1n) is 14.3. The SMILES string of the molecule is Cc1nc(N2CCC3(CCN(Cc4ccc5c(cc(C#N)n5Cc5cn[nH]n5)c4C)C3)C2)c2cc(CC(F)(F)F)sc2n1. The van der Waals surface area contributed by atoms with Crippen molar-refractivity contribution in [3.8, 4) is 6.07 Å². The summed E-state index contributed by atoms with van der Waals surface area (Å²) in [6, 6.07) is 10.2. The predicted molar refractivity (Wildman–Crippen MR) is 158 cm³/mol. The van der Waals surface area contributed by atoms with Crippen LogP contribution in [0.25, 0.3) is 21.1 Å². The molecule has 2 saturated heterocycles. The van der Waals surface area contributed by atoms with E-state index in [1.807, 2.05) is 10.6 Å². The monoisotopic (exact) mass is 605 g/mol. The smallest absolute Gasteiger partial charge is 0.355 e. The normalized spacial score (nSPS) is 19.4. The summed E-state index contributed by atoms with van der Waals surface area (Å²) in [5.41, 5.74) is 4.89. The highest BCUT2D eigenvalue weighted by atomic mass is 32.1. The van der Waals surface area contributed by atoms with Crippen molar-refractivity contribution in [2.75, 3.05) is 31.1 Å². The molecule has 7 rings (SSSR count). The summed E-state index contributed by atoms with van der Waals surface area (Å²) < 4.78 is 41.2. The molecule has 5 aromatic rings. The Morgan fingerprint density at radius 3 is 2.67 bits per heavy atom. The summed E-state index contributed by atoms with van der Waals surface area (Å²) in [6.45, 7) is 8.80. The molecule has 13 heteroatoms. The molecular weight excluding hydrogens is 575 g/mol. The number of nitriles is 1. The van der Waals surface area contributed by atoms with Gasteiger partial charge in [-0.1, -0.05) is 6.07 Å². The lowest BCUT2D eigenvalue weighted by molar-refractivity contribution is -0.126. The Balaban J connectivity index is 1.09. The van der Waals surface area contributed by atoms with Gasteiger partial charge in [-0.15, -0.1) is 11.3 Å². The van der Waals surface area contributed by atoms with Crippen LogP contribution >= 0.6 is 11.3 Å². The molecule has 6 heterocycles. The van der Waals surface area contributed by atoms with Gasteiger partial charge in [-0.2, -0.15) is 33.8 Å². The minimum absolute atomic E-state index is 0.114. The van der Waals surface area contributed by atoms with Crippen molar-refractivity contribution in [2.24, 2.45) is 5.41 Å². The van der Waals surface area contributed by atoms with E-state index in [1.165, 1.54) is 11.1 Å². The van der Waals surface area contributed by atoms with Crippen molar-refractivity contribution in [2.45, 2.75) is 52.4 Å². The zero-order chi connectivity index (χ0) is 29.9. The summed E-state index contributed by atoms with van der Waals surface area (Å²) in [5, 5.41) is 22.3. The van der Waals surface area contributed by atoms with Crippen LogP contribution in [0.15, 0.2) is 30.5 Å². The highest BCUT2D eigenvalue weighted by Crippen LogP contribution is 2.43. The molecule has 0 bridgehead atoms. The van der Waals surface area contributed by atoms with E-state index in [1.54, 1.807) is 19.2 Å². The molecule has 0 aliphatic carbocycles. The summed E-state index contributed by atoms with van der Waals surface area (Å²) in [7, 11) is 0. The van der Waals surface area contributed by atoms with Crippen molar-refractivity contribution in [1.29, 1.82) is 5.26 Å². The number of fused-ring (bicyclic) bond motifs is 2. The number of aromatic nitrogens is 6. The van der Waals surface area contributed by atoms with Gasteiger partial charge in [-0.3, -0.25) is 4.90 Å². The van der Waals surface area contributed by atoms with Gasteiger partial charge in [0.1, 0.15) is 33.9 Å². The number of thiophene rings is 1. The maximum atomic E-state index is 13.1. The van der Waals surface area contributed by atoms with E-state index >= 15 is 0 Å². The van der Waals surface area contributed by atoms with E-state index in [-0.39, 0.29) is 10.3 Å². The van der Waals surface area contributed by atoms with Gasteiger partial charge in [0.15, 0.2) is 0 Å². The van der Waals surface area contributed by atoms with Crippen LogP contribution in [0, 0.1) is 30.6 Å². The molecule has 43 heavy (non-hydrogen) atoms. The summed E-state index contributed by atoms with van der Waals surface area (Å²) in [4.78, 5) is 14.8. The molecule has 2 fully saturated rings. The molecule has 1 atom stereocenters. The van der Waals surface area contributed by atoms with Crippen molar-refractivity contribution in [1.82, 2.24) is 34.8 Å². The van der Waals surface area contributed by atoms with Gasteiger partial charge in [0.25, 0.3) is 0 Å². The maximum absolute atomic E-state index is 13.1. The molecule has 2 aliphatic heterocycles. The van der Waals surface area contributed by atoms with Gasteiger partial charge < -0.3 is 9.47 Å². The Labute approximate surface area is 249 Å². The van der Waals surface area contributed by atoms with Crippen LogP contribution in [0.2, 0.25) is 0 Å². The number of hydrogen-bond donors (Lipinski definition) is 1. The van der Waals surface area contributed by atoms with E-state index < -0.39 is 12.6 Å². The number of anilines is 1. The van der Waals surface area contributed by atoms with E-state index in [9.17, 15) is 18.4 Å². The molecule has 1 N–H and O–H groups in total. The predicted octanol–water partition coefficient (Wildman–Crippen LogP) is 5.51. The zero-order valence-electron chi connectivity index (χ0n) is 23.9. The molecule has 0 radical (unpaired) electrons. The number of aromatic amines is 1. The molecule has 1 spiro atoms. The fourth-order valence-electron chi connectivity index (χ4n) is 6.86. The Morgan fingerprint density at radius 2 is 1.91 bits per heavy atom. The fraction of sp³-hybridized carbons (Fsp3) is 0.433. The Bertz CT molecular complexity index is 1870. The Kier molecular flexibility index (Phi) is 6.66. The van der Waals surface area contributed by atoms with Gasteiger partial charge in [0.05, 0.1) is 24.5 Å². The third-order valence-electron chi connectivity index (χ3n) is 8.93. The quantitative estimate of drug-likeness (QED) is 0.272. The Morgan fingerprint density at radius 1 is 1.07 bits per heavy atom. The van der Waals surface area contributed by atoms with E-state index in [2.05, 4.69) is 55.3 Å². The topological polar surface area (TPSA) is 103 Å². The van der Waals surface area contributed by atoms with Crippen LogP contribution in [0.5, 0.6) is 0 Å². The number of halogens is 3. The number of benzene rings is 1. The molecule has 0 amide bonds. The van der Waals surface area contributed by atoms with Crippen molar-refractivity contribution in [3.05, 3.63) is 63.7 Å². The van der Waals surface area contributed by atoms with Gasteiger partial charge in [-0.25, -0.2) is 9.97 Å². The molecule has 2 aliphatic rings. The lowest BCUT2D eigenvalue weighted by Gasteiger charge is -2.26. The van der Waals surface area contributed by atoms with Crippen molar-refractivity contribution >= 4 is 38.3 Å². The molecule has 9 nitrogen and oxygen atoms in total. The number of likely N-dealkylation sites (tertiary alicyclic amines) is 1. The zero-order valence-corrected chi connectivity index (χ0v) is 24.7. The van der Waals surface area contributed by atoms with E-state index in [4.69, 9.17) is 4.98 Å². The van der Waals surface area contributed by atoms with E-state index in [0.29, 0.717) is 22.9 Å². The van der Waals surface area contributed by atoms with Gasteiger partial charge in [0, 0.05) is 47.4 Å². The standard InChI is InChI=1S/C30H30F3N9S/c1-18-20(3-4-26-24(18)9-22(12-34)42(26)15-21-13-35-39-38-21)14-40-7-5-29(16-40)6-8-41(17-29)27-25-10-23(11-30(31,32)33)43-28(25)37-19(2)36-27/h3-4,9-10,13H,5-8,11,14-17H2,1-2H3,(H,35,38,39). The highest BCUT2D eigenvalue weighted by Gasteiger charge is 2.44. The highest BCUT2D eigenvalue weighted by molar-refractivity contribution is 7.18. The number of rotatable bonds is 6. The lowest BCUT2D eigenvalue weighted by atomic mass is 9.86. The van der Waals surface area contributed by atoms with Crippen molar-refractivity contribution in [3.63, 3.8) is 0 Å². The maximum Gasteiger partial charge on any atom is 0.393 e. The van der Waals surface area contributed by atoms with Crippen LogP contribution in [0.4, 0.5) is 19.0 Å². The minimum Gasteiger partial charge on any atom is -0.355 e. The summed E-state index contributed by atoms with van der Waals surface area (Å²) >= 11 is 1.11. The number of H-pyrrole nitrogens is 1. The molecule has 1 aromatic carbocycles. The average Bonchev–Trinajstić information content (AvgIpc) is 3.78. The van der Waals surface area contributed by atoms with Crippen molar-refractivity contribution < 1.29 is 13.2 Å². The molecule has 0 saturated carbocycles. The third kappa shape index (κ3) is 5.23. The van der Waals surface area contributed by atoms with Crippen LogP contribution in [-0.2, 0) is 19.5 Å². The molecular formula is C30H30F3N9S.